The Hall–Kier alpha value is -3.81. The van der Waals surface area contributed by atoms with E-state index in [1.165, 1.54) is 12.1 Å². The minimum Gasteiger partial charge on any atom is -0.429 e. The maximum atomic E-state index is 14.9. The normalized spacial score (nSPS) is 12.1. The van der Waals surface area contributed by atoms with Crippen LogP contribution in [0.5, 0.6) is 11.5 Å². The van der Waals surface area contributed by atoms with Crippen LogP contribution in [0.1, 0.15) is 17.4 Å². The number of aryl methyl sites for hydroxylation is 1. The third kappa shape index (κ3) is 6.01. The van der Waals surface area contributed by atoms with Crippen LogP contribution in [0.25, 0.3) is 21.6 Å². The van der Waals surface area contributed by atoms with Crippen LogP contribution in [0.15, 0.2) is 48.5 Å². The van der Waals surface area contributed by atoms with Crippen molar-refractivity contribution in [1.82, 2.24) is 0 Å². The molecule has 0 aliphatic rings. The molecular formula is C26H13F11O2S. The van der Waals surface area contributed by atoms with Crippen LogP contribution in [0.3, 0.4) is 0 Å². The first kappa shape index (κ1) is 29.2. The van der Waals surface area contributed by atoms with Gasteiger partial charge in [-0.25, -0.2) is 26.3 Å². The molecule has 0 fully saturated rings. The molecule has 40 heavy (non-hydrogen) atoms. The van der Waals surface area contributed by atoms with Crippen molar-refractivity contribution in [2.75, 3.05) is 0 Å². The molecule has 1 aromatic heterocycles. The largest absolute Gasteiger partial charge is 0.573 e. The highest BCUT2D eigenvalue weighted by Crippen LogP contribution is 2.40. The number of benzene rings is 3. The fraction of sp³-hybridized carbons (Fsp3) is 0.154. The lowest BCUT2D eigenvalue weighted by Crippen LogP contribution is -2.25. The van der Waals surface area contributed by atoms with E-state index in [9.17, 15) is 48.3 Å². The Morgan fingerprint density at radius 3 is 1.73 bits per heavy atom. The number of ether oxygens (including phenoxy) is 2. The second kappa shape index (κ2) is 10.6. The van der Waals surface area contributed by atoms with Gasteiger partial charge in [-0.3, -0.25) is 0 Å². The predicted molar refractivity (Wildman–Crippen MR) is 122 cm³/mol. The highest BCUT2D eigenvalue weighted by atomic mass is 32.1. The molecule has 14 heteroatoms. The van der Waals surface area contributed by atoms with Gasteiger partial charge in [0.15, 0.2) is 11.6 Å². The molecule has 1 heterocycles. The quantitative estimate of drug-likeness (QED) is 0.197. The smallest absolute Gasteiger partial charge is 0.429 e. The Labute approximate surface area is 222 Å². The number of alkyl halides is 5. The molecule has 0 unspecified atom stereocenters. The first-order chi connectivity index (χ1) is 18.6. The minimum atomic E-state index is -5.51. The van der Waals surface area contributed by atoms with E-state index in [1.807, 2.05) is 0 Å². The standard InChI is InChI=1S/C26H13F11O2S/c1-2-14-10-21(32)24(40-14)11-3-4-15(16(27)5-11)12-6-17(28)22(18(29)7-12)25(33,34)38-13-8-19(30)23(20(31)9-13)39-26(35,36)37/h3-10H,2H2,1H3. The predicted octanol–water partition coefficient (Wildman–Crippen LogP) is 9.51. The third-order valence-electron chi connectivity index (χ3n) is 5.40. The monoisotopic (exact) mass is 598 g/mol. The lowest BCUT2D eigenvalue weighted by molar-refractivity contribution is -0.276. The summed E-state index contributed by atoms with van der Waals surface area (Å²) in [5.74, 6) is -13.1. The van der Waals surface area contributed by atoms with Crippen molar-refractivity contribution in [1.29, 1.82) is 0 Å². The number of rotatable bonds is 7. The van der Waals surface area contributed by atoms with Gasteiger partial charge < -0.3 is 9.47 Å². The lowest BCUT2D eigenvalue weighted by Gasteiger charge is -2.20. The molecule has 4 aromatic rings. The van der Waals surface area contributed by atoms with Gasteiger partial charge in [-0.1, -0.05) is 19.1 Å². The van der Waals surface area contributed by atoms with Crippen molar-refractivity contribution in [3.63, 3.8) is 0 Å². The molecular weight excluding hydrogens is 585 g/mol. The van der Waals surface area contributed by atoms with Gasteiger partial charge in [0.05, 0.1) is 4.88 Å². The summed E-state index contributed by atoms with van der Waals surface area (Å²) in [7, 11) is 0. The molecule has 0 spiro atoms. The van der Waals surface area contributed by atoms with Gasteiger partial charge in [-0.2, -0.15) is 8.78 Å². The van der Waals surface area contributed by atoms with Crippen molar-refractivity contribution >= 4 is 11.3 Å². The van der Waals surface area contributed by atoms with E-state index in [-0.39, 0.29) is 22.6 Å². The summed E-state index contributed by atoms with van der Waals surface area (Å²) < 4.78 is 159. The molecule has 0 aliphatic heterocycles. The van der Waals surface area contributed by atoms with Gasteiger partial charge in [-0.15, -0.1) is 24.5 Å². The molecule has 0 N–H and O–H groups in total. The average Bonchev–Trinajstić information content (AvgIpc) is 3.20. The van der Waals surface area contributed by atoms with Gasteiger partial charge in [0.1, 0.15) is 34.6 Å². The van der Waals surface area contributed by atoms with Gasteiger partial charge in [-0.05, 0) is 41.8 Å². The zero-order valence-electron chi connectivity index (χ0n) is 19.7. The molecule has 0 saturated carbocycles. The van der Waals surface area contributed by atoms with E-state index < -0.39 is 75.6 Å². The summed E-state index contributed by atoms with van der Waals surface area (Å²) in [5, 5.41) is 0. The zero-order valence-corrected chi connectivity index (χ0v) is 20.5. The highest BCUT2D eigenvalue weighted by molar-refractivity contribution is 7.15. The lowest BCUT2D eigenvalue weighted by atomic mass is 10.00. The molecule has 3 aromatic carbocycles. The molecule has 4 rings (SSSR count). The summed E-state index contributed by atoms with van der Waals surface area (Å²) in [6, 6.07) is 4.98. The SMILES string of the molecule is CCc1cc(F)c(-c2ccc(-c3cc(F)c(C(F)(F)Oc4cc(F)c(OC(F)(F)F)c(F)c4)c(F)c3)c(F)c2)s1. The average molecular weight is 598 g/mol. The van der Waals surface area contributed by atoms with E-state index in [0.717, 1.165) is 23.5 Å². The number of thiophene rings is 1. The second-order valence-electron chi connectivity index (χ2n) is 8.14. The van der Waals surface area contributed by atoms with Crippen molar-refractivity contribution in [3.05, 3.63) is 93.9 Å². The molecule has 212 valence electrons. The van der Waals surface area contributed by atoms with Gasteiger partial charge in [0, 0.05) is 22.6 Å². The van der Waals surface area contributed by atoms with Crippen LogP contribution < -0.4 is 9.47 Å². The van der Waals surface area contributed by atoms with Crippen molar-refractivity contribution in [2.45, 2.75) is 25.8 Å². The summed E-state index contributed by atoms with van der Waals surface area (Å²) in [4.78, 5) is 0.814. The maximum absolute atomic E-state index is 14.9. The van der Waals surface area contributed by atoms with Crippen LogP contribution >= 0.6 is 11.3 Å². The fourth-order valence-corrected chi connectivity index (χ4v) is 4.66. The Balaban J connectivity index is 1.64. The molecule has 0 radical (unpaired) electrons. The van der Waals surface area contributed by atoms with E-state index in [0.29, 0.717) is 23.4 Å². The molecule has 0 aliphatic carbocycles. The second-order valence-corrected chi connectivity index (χ2v) is 9.27. The number of hydrogen-bond donors (Lipinski definition) is 0. The van der Waals surface area contributed by atoms with Gasteiger partial charge in [0.25, 0.3) is 0 Å². The Morgan fingerprint density at radius 1 is 0.650 bits per heavy atom. The first-order valence-corrected chi connectivity index (χ1v) is 11.8. The van der Waals surface area contributed by atoms with Crippen molar-refractivity contribution in [3.8, 4) is 33.1 Å². The first-order valence-electron chi connectivity index (χ1n) is 11.0. The summed E-state index contributed by atoms with van der Waals surface area (Å²) in [5.41, 5.74) is -2.84. The van der Waals surface area contributed by atoms with E-state index in [2.05, 4.69) is 9.47 Å². The Morgan fingerprint density at radius 2 is 1.23 bits per heavy atom. The van der Waals surface area contributed by atoms with E-state index in [1.54, 1.807) is 6.92 Å². The number of hydrogen-bond acceptors (Lipinski definition) is 3. The molecule has 0 saturated heterocycles. The topological polar surface area (TPSA) is 18.5 Å². The number of halogens is 11. The molecule has 2 nitrogen and oxygen atoms in total. The van der Waals surface area contributed by atoms with Crippen LogP contribution in [0.2, 0.25) is 0 Å². The van der Waals surface area contributed by atoms with Crippen molar-refractivity contribution in [2.24, 2.45) is 0 Å². The summed E-state index contributed by atoms with van der Waals surface area (Å²) in [6.07, 6.45) is -9.92. The Bertz CT molecular complexity index is 1530. The minimum absolute atomic E-state index is 0.112. The summed E-state index contributed by atoms with van der Waals surface area (Å²) in [6.45, 7) is 1.79. The van der Waals surface area contributed by atoms with E-state index in [4.69, 9.17) is 0 Å². The van der Waals surface area contributed by atoms with Crippen molar-refractivity contribution < 1.29 is 57.8 Å². The van der Waals surface area contributed by atoms with Crippen LogP contribution in [-0.4, -0.2) is 6.36 Å². The Kier molecular flexibility index (Phi) is 7.76. The van der Waals surface area contributed by atoms with Crippen LogP contribution in [0.4, 0.5) is 48.3 Å². The molecule has 0 amide bonds. The third-order valence-corrected chi connectivity index (χ3v) is 6.70. The summed E-state index contributed by atoms with van der Waals surface area (Å²) >= 11 is 1.08. The fourth-order valence-electron chi connectivity index (χ4n) is 3.69. The van der Waals surface area contributed by atoms with Gasteiger partial charge in [0.2, 0.25) is 5.75 Å². The zero-order chi connectivity index (χ0) is 29.6. The van der Waals surface area contributed by atoms with Gasteiger partial charge >= 0.3 is 12.5 Å². The highest BCUT2D eigenvalue weighted by Gasteiger charge is 2.42. The molecule has 0 bridgehead atoms. The van der Waals surface area contributed by atoms with Crippen LogP contribution in [0, 0.1) is 34.9 Å². The maximum Gasteiger partial charge on any atom is 0.573 e. The van der Waals surface area contributed by atoms with Crippen LogP contribution in [-0.2, 0) is 12.5 Å². The molecule has 0 atom stereocenters. The van der Waals surface area contributed by atoms with E-state index >= 15 is 0 Å².